The van der Waals surface area contributed by atoms with Gasteiger partial charge in [-0.2, -0.15) is 0 Å². The van der Waals surface area contributed by atoms with E-state index in [1.165, 1.54) is 19.3 Å². The van der Waals surface area contributed by atoms with Gasteiger partial charge in [-0.1, -0.05) is 12.5 Å². The molecule has 0 spiro atoms. The molecule has 1 aliphatic heterocycles. The lowest BCUT2D eigenvalue weighted by Crippen LogP contribution is -2.30. The van der Waals surface area contributed by atoms with E-state index < -0.39 is 0 Å². The average Bonchev–Trinajstić information content (AvgIpc) is 2.57. The largest absolute Gasteiger partial charge is 0.368 e. The quantitative estimate of drug-likeness (QED) is 0.919. The van der Waals surface area contributed by atoms with Crippen LogP contribution in [0.1, 0.15) is 36.7 Å². The molecule has 1 saturated heterocycles. The van der Waals surface area contributed by atoms with Crippen molar-refractivity contribution in [2.24, 2.45) is 0 Å². The van der Waals surface area contributed by atoms with Crippen LogP contribution in [0.3, 0.4) is 0 Å². The minimum Gasteiger partial charge on any atom is -0.368 e. The number of likely N-dealkylation sites (tertiary alicyclic amines) is 1. The van der Waals surface area contributed by atoms with Crippen molar-refractivity contribution in [3.05, 3.63) is 48.2 Å². The normalized spacial score (nSPS) is 19.0. The first kappa shape index (κ1) is 14.9. The van der Waals surface area contributed by atoms with Crippen LogP contribution in [0.5, 0.6) is 0 Å². The Balaban J connectivity index is 1.59. The third-order valence-corrected chi connectivity index (χ3v) is 4.18. The van der Waals surface area contributed by atoms with Gasteiger partial charge in [0.15, 0.2) is 0 Å². The van der Waals surface area contributed by atoms with E-state index in [2.05, 4.69) is 27.2 Å². The monoisotopic (exact) mass is 297 g/mol. The zero-order valence-electron chi connectivity index (χ0n) is 13.1. The van der Waals surface area contributed by atoms with Crippen LogP contribution < -0.4 is 5.32 Å². The predicted molar refractivity (Wildman–Crippen MR) is 87.7 cm³/mol. The molecule has 0 bridgehead atoms. The average molecular weight is 297 g/mol. The lowest BCUT2D eigenvalue weighted by molar-refractivity contribution is 0.183. The second-order valence-corrected chi connectivity index (χ2v) is 5.82. The van der Waals surface area contributed by atoms with Crippen LogP contribution in [0.25, 0.3) is 0 Å². The molecule has 5 heteroatoms. The summed E-state index contributed by atoms with van der Waals surface area (Å²) in [4.78, 5) is 15.8. The number of aromatic nitrogens is 3. The molecule has 0 saturated carbocycles. The van der Waals surface area contributed by atoms with Gasteiger partial charge in [0.1, 0.15) is 5.82 Å². The maximum atomic E-state index is 4.74. The van der Waals surface area contributed by atoms with Gasteiger partial charge in [-0.25, -0.2) is 4.98 Å². The number of pyridine rings is 1. The number of anilines is 1. The molecule has 0 radical (unpaired) electrons. The maximum absolute atomic E-state index is 4.74. The van der Waals surface area contributed by atoms with E-state index in [4.69, 9.17) is 4.98 Å². The molecule has 2 aromatic heterocycles. The molecule has 22 heavy (non-hydrogen) atoms. The van der Waals surface area contributed by atoms with Gasteiger partial charge in [0.25, 0.3) is 0 Å². The lowest BCUT2D eigenvalue weighted by atomic mass is 10.0. The van der Waals surface area contributed by atoms with Gasteiger partial charge in [0.05, 0.1) is 24.1 Å². The van der Waals surface area contributed by atoms with E-state index in [0.29, 0.717) is 6.04 Å². The first-order chi connectivity index (χ1) is 10.8. The number of nitrogens with one attached hydrogen (secondary N) is 1. The van der Waals surface area contributed by atoms with Crippen LogP contribution in [-0.4, -0.2) is 40.0 Å². The highest BCUT2D eigenvalue weighted by Gasteiger charge is 2.22. The molecule has 3 rings (SSSR count). The molecule has 0 aliphatic carbocycles. The fourth-order valence-electron chi connectivity index (χ4n) is 2.94. The molecule has 116 valence electrons. The van der Waals surface area contributed by atoms with Gasteiger partial charge in [0, 0.05) is 24.9 Å². The van der Waals surface area contributed by atoms with Crippen molar-refractivity contribution in [1.29, 1.82) is 0 Å². The van der Waals surface area contributed by atoms with E-state index in [1.807, 2.05) is 30.6 Å². The smallest absolute Gasteiger partial charge is 0.144 e. The minimum absolute atomic E-state index is 0.402. The van der Waals surface area contributed by atoms with Crippen molar-refractivity contribution >= 4 is 5.82 Å². The predicted octanol–water partition coefficient (Wildman–Crippen LogP) is 2.68. The van der Waals surface area contributed by atoms with Crippen molar-refractivity contribution < 1.29 is 0 Å². The first-order valence-corrected chi connectivity index (χ1v) is 7.99. The Morgan fingerprint density at radius 3 is 3.05 bits per heavy atom. The fourth-order valence-corrected chi connectivity index (χ4v) is 2.94. The Morgan fingerprint density at radius 2 is 2.23 bits per heavy atom. The summed E-state index contributed by atoms with van der Waals surface area (Å²) < 4.78 is 0. The van der Waals surface area contributed by atoms with Gasteiger partial charge in [0.2, 0.25) is 0 Å². The number of rotatable bonds is 5. The summed E-state index contributed by atoms with van der Waals surface area (Å²) in [6, 6.07) is 6.40. The molecule has 1 atom stereocenters. The molecular formula is C17H23N5. The van der Waals surface area contributed by atoms with Crippen LogP contribution in [0.2, 0.25) is 0 Å². The number of hydrogen-bond acceptors (Lipinski definition) is 5. The Bertz CT molecular complexity index is 587. The highest BCUT2D eigenvalue weighted by molar-refractivity contribution is 5.32. The second-order valence-electron chi connectivity index (χ2n) is 5.82. The third kappa shape index (κ3) is 3.80. The Labute approximate surface area is 131 Å². The summed E-state index contributed by atoms with van der Waals surface area (Å²) in [7, 11) is 2.17. The van der Waals surface area contributed by atoms with Crippen molar-refractivity contribution in [1.82, 2.24) is 19.9 Å². The summed E-state index contributed by atoms with van der Waals surface area (Å²) in [6.45, 7) is 1.96. The number of piperidine rings is 1. The molecule has 1 aliphatic rings. The maximum Gasteiger partial charge on any atom is 0.144 e. The van der Waals surface area contributed by atoms with Crippen LogP contribution in [-0.2, 0) is 6.42 Å². The zero-order chi connectivity index (χ0) is 15.2. The SMILES string of the molecule is CN1CCCCC1c1cncc(NCCc2ccccn2)n1. The number of hydrogen-bond donors (Lipinski definition) is 1. The molecule has 1 unspecified atom stereocenters. The molecule has 0 aromatic carbocycles. The highest BCUT2D eigenvalue weighted by atomic mass is 15.2. The topological polar surface area (TPSA) is 53.9 Å². The molecule has 0 amide bonds. The van der Waals surface area contributed by atoms with E-state index in [1.54, 1.807) is 6.20 Å². The lowest BCUT2D eigenvalue weighted by Gasteiger charge is -2.31. The van der Waals surface area contributed by atoms with Gasteiger partial charge < -0.3 is 5.32 Å². The summed E-state index contributed by atoms with van der Waals surface area (Å²) in [5, 5.41) is 3.36. The van der Waals surface area contributed by atoms with Gasteiger partial charge >= 0.3 is 0 Å². The van der Waals surface area contributed by atoms with Crippen LogP contribution in [0.15, 0.2) is 36.8 Å². The fraction of sp³-hybridized carbons (Fsp3) is 0.471. The Morgan fingerprint density at radius 1 is 1.27 bits per heavy atom. The molecule has 3 heterocycles. The van der Waals surface area contributed by atoms with Crippen molar-refractivity contribution in [2.45, 2.75) is 31.7 Å². The van der Waals surface area contributed by atoms with Gasteiger partial charge in [-0.05, 0) is 38.6 Å². The molecule has 1 fully saturated rings. The second kappa shape index (κ2) is 7.31. The van der Waals surface area contributed by atoms with Gasteiger partial charge in [-0.3, -0.25) is 14.9 Å². The van der Waals surface area contributed by atoms with Crippen LogP contribution in [0.4, 0.5) is 5.82 Å². The molecule has 5 nitrogen and oxygen atoms in total. The van der Waals surface area contributed by atoms with Crippen molar-refractivity contribution in [3.63, 3.8) is 0 Å². The Hall–Kier alpha value is -2.01. The van der Waals surface area contributed by atoms with E-state index >= 15 is 0 Å². The number of nitrogens with zero attached hydrogens (tertiary/aromatic N) is 4. The van der Waals surface area contributed by atoms with Crippen LogP contribution >= 0.6 is 0 Å². The summed E-state index contributed by atoms with van der Waals surface area (Å²) in [6.07, 6.45) is 10.1. The summed E-state index contributed by atoms with van der Waals surface area (Å²) in [5.74, 6) is 0.854. The van der Waals surface area contributed by atoms with E-state index in [9.17, 15) is 0 Å². The van der Waals surface area contributed by atoms with Gasteiger partial charge in [-0.15, -0.1) is 0 Å². The minimum atomic E-state index is 0.402. The Kier molecular flexibility index (Phi) is 4.96. The van der Waals surface area contributed by atoms with Crippen LogP contribution in [0, 0.1) is 0 Å². The first-order valence-electron chi connectivity index (χ1n) is 7.99. The standard InChI is InChI=1S/C17H23N5/c1-22-11-5-3-7-16(22)15-12-18-13-17(21-15)20-10-8-14-6-2-4-9-19-14/h2,4,6,9,12-13,16H,3,5,7-8,10-11H2,1H3,(H,20,21). The van der Waals surface area contributed by atoms with E-state index in [-0.39, 0.29) is 0 Å². The molecular weight excluding hydrogens is 274 g/mol. The van der Waals surface area contributed by atoms with Crippen molar-refractivity contribution in [2.75, 3.05) is 25.5 Å². The molecule has 2 aromatic rings. The zero-order valence-corrected chi connectivity index (χ0v) is 13.1. The van der Waals surface area contributed by atoms with Crippen molar-refractivity contribution in [3.8, 4) is 0 Å². The summed E-state index contributed by atoms with van der Waals surface area (Å²) in [5.41, 5.74) is 2.16. The third-order valence-electron chi connectivity index (χ3n) is 4.18. The highest BCUT2D eigenvalue weighted by Crippen LogP contribution is 2.28. The van der Waals surface area contributed by atoms with E-state index in [0.717, 1.165) is 36.7 Å². The molecule has 1 N–H and O–H groups in total. The summed E-state index contributed by atoms with van der Waals surface area (Å²) >= 11 is 0.